The van der Waals surface area contributed by atoms with E-state index in [0.717, 1.165) is 5.56 Å². The van der Waals surface area contributed by atoms with Crippen molar-refractivity contribution in [3.05, 3.63) is 47.0 Å². The van der Waals surface area contributed by atoms with E-state index >= 15 is 0 Å². The molecular formula is C30H33ClN6O5. The number of nitrogens with one attached hydrogen (secondary N) is 2. The molecule has 42 heavy (non-hydrogen) atoms. The third kappa shape index (κ3) is 4.97. The number of carbonyl (C=O) groups excluding carboxylic acids is 2. The molecule has 0 radical (unpaired) electrons. The molecule has 3 heterocycles. The molecule has 0 unspecified atom stereocenters. The molecule has 2 aromatic heterocycles. The third-order valence-corrected chi connectivity index (χ3v) is 8.53. The number of fused-ring (bicyclic) bond motifs is 4. The van der Waals surface area contributed by atoms with E-state index in [2.05, 4.69) is 27.5 Å². The Bertz CT molecular complexity index is 1610. The van der Waals surface area contributed by atoms with Crippen LogP contribution >= 0.6 is 11.6 Å². The second-order valence-electron chi connectivity index (χ2n) is 11.4. The lowest BCUT2D eigenvalue weighted by Crippen LogP contribution is -2.40. The zero-order valence-electron chi connectivity index (χ0n) is 23.9. The highest BCUT2D eigenvalue weighted by Gasteiger charge is 2.79. The number of hydrogen-bond acceptors (Lipinski definition) is 9. The molecule has 1 saturated heterocycles. The predicted molar refractivity (Wildman–Crippen MR) is 154 cm³/mol. The van der Waals surface area contributed by atoms with Crippen LogP contribution in [-0.2, 0) is 30.3 Å². The maximum atomic E-state index is 13.1. The van der Waals surface area contributed by atoms with Crippen LogP contribution in [0, 0.1) is 23.2 Å². The number of hydrogen-bond donors (Lipinski definition) is 2. The number of nitrogens with zero attached hydrogens (tertiary/aromatic N) is 4. The Kier molecular flexibility index (Phi) is 7.33. The van der Waals surface area contributed by atoms with Crippen LogP contribution in [0.5, 0.6) is 0 Å². The summed E-state index contributed by atoms with van der Waals surface area (Å²) in [6.45, 7) is 4.21. The highest BCUT2D eigenvalue weighted by atomic mass is 35.5. The van der Waals surface area contributed by atoms with Gasteiger partial charge in [0.25, 0.3) is 0 Å². The van der Waals surface area contributed by atoms with Crippen LogP contribution in [0.1, 0.15) is 57.0 Å². The van der Waals surface area contributed by atoms with E-state index in [9.17, 15) is 9.59 Å². The van der Waals surface area contributed by atoms with Crippen molar-refractivity contribution in [1.29, 1.82) is 0 Å². The van der Waals surface area contributed by atoms with E-state index in [1.54, 1.807) is 13.4 Å². The van der Waals surface area contributed by atoms with Crippen molar-refractivity contribution in [1.82, 2.24) is 24.8 Å². The normalized spacial score (nSPS) is 26.6. The van der Waals surface area contributed by atoms with E-state index in [4.69, 9.17) is 35.8 Å². The fraction of sp³-hybridized carbons (Fsp3) is 0.500. The van der Waals surface area contributed by atoms with E-state index < -0.39 is 11.2 Å². The Balaban J connectivity index is 1.36. The van der Waals surface area contributed by atoms with Crippen LogP contribution < -0.4 is 10.6 Å². The van der Waals surface area contributed by atoms with Crippen LogP contribution in [0.25, 0.3) is 11.2 Å². The Morgan fingerprint density at radius 1 is 1.26 bits per heavy atom. The number of ether oxygens (including phenoxy) is 3. The van der Waals surface area contributed by atoms with Gasteiger partial charge in [0, 0.05) is 37.4 Å². The number of rotatable bonds is 8. The number of esters is 1. The summed E-state index contributed by atoms with van der Waals surface area (Å²) in [7, 11) is 3.03. The van der Waals surface area contributed by atoms with Gasteiger partial charge in [0.15, 0.2) is 22.8 Å². The Labute approximate surface area is 248 Å². The average Bonchev–Trinajstić information content (AvgIpc) is 3.28. The molecule has 3 aromatic rings. The second-order valence-corrected chi connectivity index (χ2v) is 11.8. The fourth-order valence-corrected chi connectivity index (χ4v) is 6.62. The summed E-state index contributed by atoms with van der Waals surface area (Å²) in [5, 5.41) is 6.86. The summed E-state index contributed by atoms with van der Waals surface area (Å²) < 4.78 is 19.4. The second kappa shape index (κ2) is 10.8. The van der Waals surface area contributed by atoms with E-state index in [1.807, 2.05) is 42.7 Å². The van der Waals surface area contributed by atoms with Crippen LogP contribution in [-0.4, -0.2) is 63.5 Å². The number of halogens is 1. The van der Waals surface area contributed by atoms with E-state index in [-0.39, 0.29) is 36.0 Å². The van der Waals surface area contributed by atoms with Gasteiger partial charge < -0.3 is 29.4 Å². The molecule has 3 aliphatic rings. The molecule has 1 amide bonds. The van der Waals surface area contributed by atoms with Crippen molar-refractivity contribution in [2.24, 2.45) is 11.3 Å². The number of anilines is 1. The first kappa shape index (κ1) is 28.4. The number of imidazole rings is 1. The van der Waals surface area contributed by atoms with Crippen LogP contribution in [0.2, 0.25) is 5.02 Å². The summed E-state index contributed by atoms with van der Waals surface area (Å²) in [4.78, 5) is 38.8. The third-order valence-electron chi connectivity index (χ3n) is 8.30. The minimum Gasteiger partial charge on any atom is -0.469 e. The molecule has 2 aliphatic carbocycles. The molecule has 220 valence electrons. The highest BCUT2D eigenvalue weighted by molar-refractivity contribution is 6.30. The number of benzene rings is 1. The summed E-state index contributed by atoms with van der Waals surface area (Å²) in [6, 6.07) is 7.37. The molecule has 11 nitrogen and oxygen atoms in total. The Morgan fingerprint density at radius 2 is 2.10 bits per heavy atom. The van der Waals surface area contributed by atoms with Gasteiger partial charge >= 0.3 is 5.97 Å². The number of methoxy groups -OCH3 is 1. The molecule has 2 saturated carbocycles. The maximum Gasteiger partial charge on any atom is 0.305 e. The van der Waals surface area contributed by atoms with Gasteiger partial charge in [-0.05, 0) is 50.3 Å². The van der Waals surface area contributed by atoms with Gasteiger partial charge in [-0.15, -0.1) is 0 Å². The summed E-state index contributed by atoms with van der Waals surface area (Å²) in [5.74, 6) is 5.86. The lowest BCUT2D eigenvalue weighted by Gasteiger charge is -2.24. The Morgan fingerprint density at radius 3 is 2.86 bits per heavy atom. The summed E-state index contributed by atoms with van der Waals surface area (Å²) in [6.07, 6.45) is 3.06. The van der Waals surface area contributed by atoms with Gasteiger partial charge in [0.05, 0.1) is 24.9 Å². The lowest BCUT2D eigenvalue weighted by atomic mass is 9.98. The van der Waals surface area contributed by atoms with Crippen LogP contribution in [0.15, 0.2) is 30.6 Å². The van der Waals surface area contributed by atoms with Gasteiger partial charge in [-0.3, -0.25) is 9.59 Å². The van der Waals surface area contributed by atoms with Gasteiger partial charge in [-0.1, -0.05) is 29.7 Å². The highest BCUT2D eigenvalue weighted by Crippen LogP contribution is 2.71. The van der Waals surface area contributed by atoms with Gasteiger partial charge in [-0.25, -0.2) is 15.0 Å². The van der Waals surface area contributed by atoms with Crippen molar-refractivity contribution in [3.8, 4) is 11.8 Å². The number of amides is 1. The van der Waals surface area contributed by atoms with Crippen LogP contribution in [0.3, 0.4) is 0 Å². The topological polar surface area (TPSA) is 129 Å². The molecule has 5 atom stereocenters. The summed E-state index contributed by atoms with van der Waals surface area (Å²) in [5.41, 5.74) is 1.50. The maximum absolute atomic E-state index is 13.1. The minimum atomic E-state index is -0.821. The molecule has 2 N–H and O–H groups in total. The first-order valence-corrected chi connectivity index (χ1v) is 14.4. The number of unbranched alkanes of at least 4 members (excludes halogenated alkanes) is 1. The Hall–Kier alpha value is -3.72. The largest absolute Gasteiger partial charge is 0.469 e. The van der Waals surface area contributed by atoms with E-state index in [0.29, 0.717) is 60.1 Å². The molecule has 6 rings (SSSR count). The molecule has 0 spiro atoms. The van der Waals surface area contributed by atoms with Gasteiger partial charge in [0.2, 0.25) is 11.7 Å². The van der Waals surface area contributed by atoms with Crippen molar-refractivity contribution in [2.75, 3.05) is 19.5 Å². The molecule has 0 bridgehead atoms. The number of carbonyl (C=O) groups is 2. The zero-order chi connectivity index (χ0) is 29.6. The van der Waals surface area contributed by atoms with Crippen molar-refractivity contribution in [2.45, 2.75) is 70.1 Å². The summed E-state index contributed by atoms with van der Waals surface area (Å²) >= 11 is 6.19. The first-order chi connectivity index (χ1) is 20.2. The predicted octanol–water partition coefficient (Wildman–Crippen LogP) is 3.61. The fourth-order valence-electron chi connectivity index (χ4n) is 6.41. The molecule has 1 aliphatic heterocycles. The van der Waals surface area contributed by atoms with Crippen LogP contribution in [0.4, 0.5) is 5.82 Å². The molecular weight excluding hydrogens is 560 g/mol. The first-order valence-electron chi connectivity index (χ1n) is 14.0. The minimum absolute atomic E-state index is 0.00615. The standard InChI is InChI=1S/C30H33ClN6O5/c1-29(2)41-24-23(19-14-30(19,25(24)42-29)28(39)32-3)37-16-34-22-26(33-15-17-9-8-10-18(31)13-17)35-20(36-27(22)37)11-6-5-7-12-21(38)40-4/h8-10,13,16,19,23-25H,5,7,12,14-15H2,1-4H3,(H,32,39)(H,33,35,36)/t19-,23-,24+,25+,30+/m0/s1. The molecule has 12 heteroatoms. The monoisotopic (exact) mass is 592 g/mol. The van der Waals surface area contributed by atoms with Gasteiger partial charge in [-0.2, -0.15) is 0 Å². The lowest BCUT2D eigenvalue weighted by molar-refractivity contribution is -0.164. The SMILES string of the molecule is CNC(=O)[C@]12C[C@H]1[C@H](n1cnc3c(NCc4cccc(Cl)c4)nc(C#CCCCC(=O)OC)nc31)[C@H]1OC(C)(C)O[C@H]12. The number of aromatic nitrogens is 4. The van der Waals surface area contributed by atoms with Gasteiger partial charge in [0.1, 0.15) is 12.2 Å². The van der Waals surface area contributed by atoms with E-state index in [1.165, 1.54) is 7.11 Å². The average molecular weight is 593 g/mol. The quantitative estimate of drug-likeness (QED) is 0.229. The molecule has 3 fully saturated rings. The zero-order valence-corrected chi connectivity index (χ0v) is 24.7. The van der Waals surface area contributed by atoms with Crippen molar-refractivity contribution in [3.63, 3.8) is 0 Å². The molecule has 1 aromatic carbocycles. The van der Waals surface area contributed by atoms with Crippen molar-refractivity contribution >= 4 is 40.5 Å². The van der Waals surface area contributed by atoms with Crippen molar-refractivity contribution < 1.29 is 23.8 Å². The smallest absolute Gasteiger partial charge is 0.305 e.